The second-order valence-electron chi connectivity index (χ2n) is 0.200. The van der Waals surface area contributed by atoms with Gasteiger partial charge in [-0.05, 0) is 0 Å². The first-order valence-corrected chi connectivity index (χ1v) is 0.894. The third-order valence-corrected chi connectivity index (χ3v) is 0. The van der Waals surface area contributed by atoms with Gasteiger partial charge in [0.25, 0.3) is 12.5 Å². The van der Waals surface area contributed by atoms with Crippen LogP contribution in [0, 0.1) is 23.0 Å². The molecule has 0 saturated carbocycles. The molecule has 40 valence electrons. The van der Waals surface area contributed by atoms with Crippen molar-refractivity contribution in [3.8, 4) is 12.5 Å². The van der Waals surface area contributed by atoms with Crippen molar-refractivity contribution in [2.24, 2.45) is 0 Å². The number of hydrogen-bond acceptors (Lipinski definition) is 4. The SMILES string of the molecule is N#CO.N#CO.[SeH2]. The Bertz CT molecular complexity index is 68.7. The van der Waals surface area contributed by atoms with Crippen LogP contribution in [0.4, 0.5) is 0 Å². The Morgan fingerprint density at radius 1 is 1.00 bits per heavy atom. The predicted molar refractivity (Wildman–Crippen MR) is 23.6 cm³/mol. The number of rotatable bonds is 0. The average Bonchev–Trinajstić information content (AvgIpc) is 1.39. The first kappa shape index (κ1) is 16.5. The van der Waals surface area contributed by atoms with E-state index in [0.29, 0.717) is 0 Å². The molecule has 0 aromatic carbocycles. The fourth-order valence-electron chi connectivity index (χ4n) is 0. The summed E-state index contributed by atoms with van der Waals surface area (Å²) < 4.78 is 0. The van der Waals surface area contributed by atoms with Gasteiger partial charge >= 0.3 is 17.1 Å². The monoisotopic (exact) mass is 168 g/mol. The van der Waals surface area contributed by atoms with E-state index < -0.39 is 0 Å². The topological polar surface area (TPSA) is 88.0 Å². The quantitative estimate of drug-likeness (QED) is 0.349. The molecule has 0 heterocycles. The molecule has 0 atom stereocenters. The van der Waals surface area contributed by atoms with E-state index in [1.54, 1.807) is 0 Å². The molecule has 2 N–H and O–H groups in total. The minimum absolute atomic E-state index is 0. The molecule has 0 aliphatic carbocycles. The minimum atomic E-state index is 0. The Morgan fingerprint density at radius 2 is 1.00 bits per heavy atom. The third-order valence-electron chi connectivity index (χ3n) is 0. The van der Waals surface area contributed by atoms with E-state index in [1.807, 2.05) is 0 Å². The summed E-state index contributed by atoms with van der Waals surface area (Å²) in [6.07, 6.45) is 1.50. The molecule has 0 aliphatic heterocycles. The van der Waals surface area contributed by atoms with E-state index in [9.17, 15) is 0 Å². The van der Waals surface area contributed by atoms with Gasteiger partial charge in [0.1, 0.15) is 0 Å². The molecule has 0 rings (SSSR count). The molecule has 4 nitrogen and oxygen atoms in total. The van der Waals surface area contributed by atoms with Crippen LogP contribution in [-0.2, 0) is 0 Å². The van der Waals surface area contributed by atoms with Gasteiger partial charge in [-0.2, -0.15) is 10.5 Å². The maximum atomic E-state index is 6.88. The van der Waals surface area contributed by atoms with E-state index >= 15 is 0 Å². The molecule has 0 saturated heterocycles. The van der Waals surface area contributed by atoms with E-state index in [0.717, 1.165) is 12.5 Å². The average molecular weight is 167 g/mol. The zero-order chi connectivity index (χ0) is 5.41. The predicted octanol–water partition coefficient (Wildman–Crippen LogP) is -1.24. The van der Waals surface area contributed by atoms with E-state index in [2.05, 4.69) is 0 Å². The molecule has 0 spiro atoms. The molecular formula is C2H4N2O2Se. The molecule has 7 heavy (non-hydrogen) atoms. The van der Waals surface area contributed by atoms with Crippen LogP contribution < -0.4 is 0 Å². The number of nitrogens with zero attached hydrogens (tertiary/aromatic N) is 2. The molecule has 0 bridgehead atoms. The standard InChI is InChI=1S/2CHNO.H2Se/c2*2-1-3;/h2*3H;1H2. The van der Waals surface area contributed by atoms with Crippen LogP contribution in [-0.4, -0.2) is 27.3 Å². The Kier molecular flexibility index (Phi) is 167. The van der Waals surface area contributed by atoms with Crippen LogP contribution in [0.25, 0.3) is 0 Å². The molecule has 0 fully saturated rings. The van der Waals surface area contributed by atoms with Crippen molar-refractivity contribution in [1.82, 2.24) is 0 Å². The van der Waals surface area contributed by atoms with Crippen molar-refractivity contribution < 1.29 is 10.2 Å². The van der Waals surface area contributed by atoms with Gasteiger partial charge in [0.15, 0.2) is 0 Å². The van der Waals surface area contributed by atoms with E-state index in [1.165, 1.54) is 0 Å². The number of aliphatic hydroxyl groups is 2. The van der Waals surface area contributed by atoms with Crippen molar-refractivity contribution in [1.29, 1.82) is 10.5 Å². The van der Waals surface area contributed by atoms with Gasteiger partial charge in [0.2, 0.25) is 0 Å². The fourth-order valence-corrected chi connectivity index (χ4v) is 0. The van der Waals surface area contributed by atoms with Crippen LogP contribution >= 0.6 is 0 Å². The van der Waals surface area contributed by atoms with Crippen LogP contribution in [0.1, 0.15) is 0 Å². The Hall–Kier alpha value is -0.901. The number of nitriles is 2. The fraction of sp³-hybridized carbons (Fsp3) is 0. The van der Waals surface area contributed by atoms with Gasteiger partial charge in [-0.3, -0.25) is 0 Å². The summed E-state index contributed by atoms with van der Waals surface area (Å²) in [6.45, 7) is 0. The Balaban J connectivity index is -0.0000000400. The molecular weight excluding hydrogens is 163 g/mol. The van der Waals surface area contributed by atoms with E-state index in [4.69, 9.17) is 20.7 Å². The zero-order valence-electron chi connectivity index (χ0n) is 3.29. The van der Waals surface area contributed by atoms with Gasteiger partial charge in [0.05, 0.1) is 0 Å². The van der Waals surface area contributed by atoms with Gasteiger partial charge < -0.3 is 10.2 Å². The first-order valence-electron chi connectivity index (χ1n) is 0.894. The summed E-state index contributed by atoms with van der Waals surface area (Å²) >= 11 is 0. The molecule has 0 aromatic heterocycles. The summed E-state index contributed by atoms with van der Waals surface area (Å²) in [7, 11) is 0. The molecule has 0 radical (unpaired) electrons. The normalized spacial score (nSPS) is 2.00. The summed E-state index contributed by atoms with van der Waals surface area (Å²) in [6, 6.07) is 0. The summed E-state index contributed by atoms with van der Waals surface area (Å²) in [5, 5.41) is 27.5. The van der Waals surface area contributed by atoms with Crippen molar-refractivity contribution in [2.75, 3.05) is 0 Å². The second kappa shape index (κ2) is 70.9. The van der Waals surface area contributed by atoms with Crippen molar-refractivity contribution in [3.05, 3.63) is 0 Å². The van der Waals surface area contributed by atoms with E-state index in [-0.39, 0.29) is 17.1 Å². The van der Waals surface area contributed by atoms with Gasteiger partial charge in [-0.15, -0.1) is 0 Å². The van der Waals surface area contributed by atoms with Crippen LogP contribution in [0.3, 0.4) is 0 Å². The van der Waals surface area contributed by atoms with Crippen molar-refractivity contribution in [3.63, 3.8) is 0 Å². The maximum absolute atomic E-state index is 6.88. The summed E-state index contributed by atoms with van der Waals surface area (Å²) in [5.74, 6) is 0. The third kappa shape index (κ3) is 60.4. The van der Waals surface area contributed by atoms with Crippen molar-refractivity contribution >= 4 is 17.1 Å². The summed E-state index contributed by atoms with van der Waals surface area (Å²) in [5.41, 5.74) is 0. The molecule has 0 aromatic rings. The van der Waals surface area contributed by atoms with Gasteiger partial charge in [-0.25, -0.2) is 0 Å². The van der Waals surface area contributed by atoms with Gasteiger partial charge in [-0.1, -0.05) is 0 Å². The molecule has 0 amide bonds. The van der Waals surface area contributed by atoms with Crippen molar-refractivity contribution in [2.45, 2.75) is 0 Å². The Morgan fingerprint density at radius 3 is 1.00 bits per heavy atom. The Labute approximate surface area is 51.1 Å². The molecule has 0 aliphatic rings. The van der Waals surface area contributed by atoms with Crippen LogP contribution in [0.5, 0.6) is 0 Å². The first-order chi connectivity index (χ1) is 2.83. The molecule has 0 unspecified atom stereocenters. The second-order valence-corrected chi connectivity index (χ2v) is 0.200. The van der Waals surface area contributed by atoms with Crippen LogP contribution in [0.15, 0.2) is 0 Å². The number of hydrogen-bond donors (Lipinski definition) is 2. The zero-order valence-corrected chi connectivity index (χ0v) is 5.39. The summed E-state index contributed by atoms with van der Waals surface area (Å²) in [4.78, 5) is 0. The molecule has 5 heteroatoms. The van der Waals surface area contributed by atoms with Gasteiger partial charge in [0, 0.05) is 0 Å². The number of aliphatic hydroxyl groups excluding tert-OH is 2. The van der Waals surface area contributed by atoms with Crippen LogP contribution in [0.2, 0.25) is 0 Å².